The van der Waals surface area contributed by atoms with Gasteiger partial charge in [0.1, 0.15) is 11.9 Å². The Kier molecular flexibility index (Phi) is 11.2. The summed E-state index contributed by atoms with van der Waals surface area (Å²) in [5.41, 5.74) is 0.547. The first-order valence-electron chi connectivity index (χ1n) is 7.49. The number of carbonyl (C=O) groups excluding carboxylic acids is 1. The Labute approximate surface area is 170 Å². The molecule has 1 aromatic heterocycles. The van der Waals surface area contributed by atoms with Crippen LogP contribution in [0.4, 0.5) is 5.82 Å². The zero-order valence-corrected chi connectivity index (χ0v) is 16.8. The maximum absolute atomic E-state index is 12.5. The third kappa shape index (κ3) is 6.39. The van der Waals surface area contributed by atoms with E-state index in [0.29, 0.717) is 5.56 Å². The van der Waals surface area contributed by atoms with Crippen molar-refractivity contribution in [3.05, 3.63) is 23.9 Å². The number of thioether (sulfide) groups is 1. The SMILES string of the molecule is Cl.Cl.Cl.N#Cc1ccc(N[C@@H]2CN[C@H](C(=O)N3CCSCC3)C2)nc1. The molecule has 1 amide bonds. The van der Waals surface area contributed by atoms with Crippen molar-refractivity contribution >= 4 is 60.7 Å². The van der Waals surface area contributed by atoms with Crippen molar-refractivity contribution in [1.82, 2.24) is 15.2 Å². The number of anilines is 1. The van der Waals surface area contributed by atoms with Crippen molar-refractivity contribution < 1.29 is 4.79 Å². The fourth-order valence-corrected chi connectivity index (χ4v) is 3.70. The summed E-state index contributed by atoms with van der Waals surface area (Å²) in [6.45, 7) is 2.47. The number of nitrogens with one attached hydrogen (secondary N) is 2. The van der Waals surface area contributed by atoms with E-state index in [1.165, 1.54) is 0 Å². The van der Waals surface area contributed by atoms with E-state index >= 15 is 0 Å². The van der Waals surface area contributed by atoms with Crippen LogP contribution in [0.5, 0.6) is 0 Å². The standard InChI is InChI=1S/C15H19N5OS.3ClH/c16-8-11-1-2-14(18-9-11)19-12-7-13(17-10-12)15(21)20-3-5-22-6-4-20;;;/h1-2,9,12-13,17H,3-7,10H2,(H,18,19);3*1H/t12-,13-;;;/m0.../s1. The van der Waals surface area contributed by atoms with E-state index in [1.54, 1.807) is 18.3 Å². The quantitative estimate of drug-likeness (QED) is 0.769. The number of nitriles is 1. The lowest BCUT2D eigenvalue weighted by molar-refractivity contribution is -0.132. The van der Waals surface area contributed by atoms with Crippen LogP contribution in [0, 0.1) is 11.3 Å². The molecule has 0 spiro atoms. The molecule has 2 aliphatic rings. The molecule has 2 N–H and O–H groups in total. The minimum Gasteiger partial charge on any atom is -0.366 e. The van der Waals surface area contributed by atoms with Gasteiger partial charge in [-0.3, -0.25) is 4.79 Å². The normalized spacial score (nSPS) is 21.8. The van der Waals surface area contributed by atoms with Crippen molar-refractivity contribution in [1.29, 1.82) is 5.26 Å². The molecule has 1 aromatic rings. The molecule has 0 bridgehead atoms. The van der Waals surface area contributed by atoms with E-state index in [9.17, 15) is 4.79 Å². The van der Waals surface area contributed by atoms with Gasteiger partial charge in [0.05, 0.1) is 11.6 Å². The van der Waals surface area contributed by atoms with Gasteiger partial charge in [-0.25, -0.2) is 4.98 Å². The van der Waals surface area contributed by atoms with Gasteiger partial charge in [-0.2, -0.15) is 17.0 Å². The molecule has 2 atom stereocenters. The van der Waals surface area contributed by atoms with E-state index in [-0.39, 0.29) is 55.2 Å². The maximum atomic E-state index is 12.5. The Morgan fingerprint density at radius 3 is 2.64 bits per heavy atom. The van der Waals surface area contributed by atoms with Crippen LogP contribution in [0.25, 0.3) is 0 Å². The fourth-order valence-electron chi connectivity index (χ4n) is 2.79. The Morgan fingerprint density at radius 2 is 2.04 bits per heavy atom. The smallest absolute Gasteiger partial charge is 0.239 e. The predicted octanol–water partition coefficient (Wildman–Crippen LogP) is 1.94. The fraction of sp³-hybridized carbons (Fsp3) is 0.533. The number of nitrogens with zero attached hydrogens (tertiary/aromatic N) is 3. The number of pyridine rings is 1. The van der Waals surface area contributed by atoms with Crippen molar-refractivity contribution in [3.8, 4) is 6.07 Å². The zero-order chi connectivity index (χ0) is 15.4. The van der Waals surface area contributed by atoms with Crippen molar-refractivity contribution in [2.24, 2.45) is 0 Å². The molecule has 25 heavy (non-hydrogen) atoms. The van der Waals surface area contributed by atoms with Crippen LogP contribution in [0.15, 0.2) is 18.3 Å². The van der Waals surface area contributed by atoms with Crippen LogP contribution in [0.1, 0.15) is 12.0 Å². The van der Waals surface area contributed by atoms with Gasteiger partial charge in [-0.1, -0.05) is 0 Å². The number of halogens is 3. The second kappa shape index (κ2) is 11.7. The largest absolute Gasteiger partial charge is 0.366 e. The number of amides is 1. The lowest BCUT2D eigenvalue weighted by Gasteiger charge is -2.28. The van der Waals surface area contributed by atoms with Crippen LogP contribution in [-0.2, 0) is 4.79 Å². The topological polar surface area (TPSA) is 81.0 Å². The highest BCUT2D eigenvalue weighted by Crippen LogP contribution is 2.17. The summed E-state index contributed by atoms with van der Waals surface area (Å²) in [6, 6.07) is 5.68. The van der Waals surface area contributed by atoms with Gasteiger partial charge in [-0.15, -0.1) is 37.2 Å². The summed E-state index contributed by atoms with van der Waals surface area (Å²) in [5, 5.41) is 15.4. The third-order valence-corrected chi connectivity index (χ3v) is 4.94. The van der Waals surface area contributed by atoms with E-state index in [4.69, 9.17) is 5.26 Å². The van der Waals surface area contributed by atoms with E-state index in [2.05, 4.69) is 21.7 Å². The molecule has 10 heteroatoms. The van der Waals surface area contributed by atoms with E-state index in [0.717, 1.165) is 43.4 Å². The Morgan fingerprint density at radius 1 is 1.32 bits per heavy atom. The molecule has 3 heterocycles. The molecule has 0 aliphatic carbocycles. The van der Waals surface area contributed by atoms with Gasteiger partial charge < -0.3 is 15.5 Å². The molecule has 2 saturated heterocycles. The molecule has 2 fully saturated rings. The minimum atomic E-state index is -0.0982. The second-order valence-corrected chi connectivity index (χ2v) is 6.74. The van der Waals surface area contributed by atoms with Crippen molar-refractivity contribution in [2.75, 3.05) is 36.5 Å². The van der Waals surface area contributed by atoms with Crippen molar-refractivity contribution in [2.45, 2.75) is 18.5 Å². The Balaban J connectivity index is 0.00000192. The molecule has 2 aliphatic heterocycles. The minimum absolute atomic E-state index is 0. The number of aromatic nitrogens is 1. The molecule has 6 nitrogen and oxygen atoms in total. The summed E-state index contributed by atoms with van der Waals surface area (Å²) in [5.74, 6) is 3.04. The predicted molar refractivity (Wildman–Crippen MR) is 108 cm³/mol. The highest BCUT2D eigenvalue weighted by atomic mass is 35.5. The zero-order valence-electron chi connectivity index (χ0n) is 13.5. The molecule has 0 unspecified atom stereocenters. The first-order valence-corrected chi connectivity index (χ1v) is 8.64. The summed E-state index contributed by atoms with van der Waals surface area (Å²) < 4.78 is 0. The van der Waals surface area contributed by atoms with Crippen LogP contribution in [0.3, 0.4) is 0 Å². The molecular weight excluding hydrogens is 405 g/mol. The number of hydrogen-bond donors (Lipinski definition) is 2. The first-order chi connectivity index (χ1) is 10.8. The molecule has 3 rings (SSSR count). The lowest BCUT2D eigenvalue weighted by atomic mass is 10.1. The summed E-state index contributed by atoms with van der Waals surface area (Å²) >= 11 is 1.91. The van der Waals surface area contributed by atoms with E-state index < -0.39 is 0 Å². The highest BCUT2D eigenvalue weighted by Gasteiger charge is 2.32. The average molecular weight is 427 g/mol. The third-order valence-electron chi connectivity index (χ3n) is 4.00. The Bertz CT molecular complexity index is 578. The molecule has 0 aromatic carbocycles. The molecular formula is C15H22Cl3N5OS. The maximum Gasteiger partial charge on any atom is 0.239 e. The van der Waals surface area contributed by atoms with Crippen LogP contribution in [-0.4, -0.2) is 59.0 Å². The van der Waals surface area contributed by atoms with Crippen LogP contribution >= 0.6 is 49.0 Å². The van der Waals surface area contributed by atoms with Gasteiger partial charge in [0, 0.05) is 43.4 Å². The van der Waals surface area contributed by atoms with Crippen molar-refractivity contribution in [3.63, 3.8) is 0 Å². The summed E-state index contributed by atoms with van der Waals surface area (Å²) in [4.78, 5) is 18.6. The monoisotopic (exact) mass is 425 g/mol. The van der Waals surface area contributed by atoms with E-state index in [1.807, 2.05) is 16.7 Å². The number of hydrogen-bond acceptors (Lipinski definition) is 6. The number of rotatable bonds is 3. The van der Waals surface area contributed by atoms with Gasteiger partial charge in [0.2, 0.25) is 5.91 Å². The van der Waals surface area contributed by atoms with Crippen LogP contribution in [0.2, 0.25) is 0 Å². The summed E-state index contributed by atoms with van der Waals surface area (Å²) in [6.07, 6.45) is 2.32. The molecule has 0 saturated carbocycles. The highest BCUT2D eigenvalue weighted by molar-refractivity contribution is 7.99. The van der Waals surface area contributed by atoms with Gasteiger partial charge in [-0.05, 0) is 18.6 Å². The molecule has 0 radical (unpaired) electrons. The number of carbonyl (C=O) groups is 1. The van der Waals surface area contributed by atoms with Gasteiger partial charge in [0.25, 0.3) is 0 Å². The van der Waals surface area contributed by atoms with Gasteiger partial charge in [0.15, 0.2) is 0 Å². The average Bonchev–Trinajstić information content (AvgIpc) is 3.04. The first kappa shape index (κ1) is 24.1. The molecule has 140 valence electrons. The van der Waals surface area contributed by atoms with Gasteiger partial charge >= 0.3 is 0 Å². The lowest BCUT2D eigenvalue weighted by Crippen LogP contribution is -2.46. The van der Waals surface area contributed by atoms with Crippen LogP contribution < -0.4 is 10.6 Å². The second-order valence-electron chi connectivity index (χ2n) is 5.52. The Hall–Kier alpha value is -0.910. The summed E-state index contributed by atoms with van der Waals surface area (Å²) in [7, 11) is 0.